The third-order valence-electron chi connectivity index (χ3n) is 3.05. The van der Waals surface area contributed by atoms with Gasteiger partial charge in [0.1, 0.15) is 0 Å². The van der Waals surface area contributed by atoms with E-state index in [9.17, 15) is 4.79 Å². The molecule has 1 N–H and O–H groups in total. The monoisotopic (exact) mass is 266 g/mol. The zero-order chi connectivity index (χ0) is 13.8. The Kier molecular flexibility index (Phi) is 4.11. The Morgan fingerprint density at radius 2 is 1.74 bits per heavy atom. The minimum absolute atomic E-state index is 0.0283. The Hall–Kier alpha value is -1.95. The Morgan fingerprint density at radius 3 is 2.21 bits per heavy atom. The molecule has 0 spiro atoms. The number of hydrogen-bond acceptors (Lipinski definition) is 5. The van der Waals surface area contributed by atoms with E-state index in [-0.39, 0.29) is 5.91 Å². The summed E-state index contributed by atoms with van der Waals surface area (Å²) in [6.07, 6.45) is 0. The number of rotatable bonds is 4. The zero-order valence-electron chi connectivity index (χ0n) is 11.4. The number of carbonyl (C=O) groups is 1. The van der Waals surface area contributed by atoms with Crippen molar-refractivity contribution in [3.05, 3.63) is 12.1 Å². The lowest BCUT2D eigenvalue weighted by atomic mass is 10.2. The van der Waals surface area contributed by atoms with E-state index in [1.54, 1.807) is 38.4 Å². The lowest BCUT2D eigenvalue weighted by molar-refractivity contribution is -0.118. The molecule has 0 unspecified atom stereocenters. The highest BCUT2D eigenvalue weighted by molar-refractivity contribution is 5.96. The fraction of sp³-hybridized carbons (Fsp3) is 0.462. The minimum Gasteiger partial charge on any atom is -0.493 e. The fourth-order valence-electron chi connectivity index (χ4n) is 2.10. The van der Waals surface area contributed by atoms with Gasteiger partial charge in [0.2, 0.25) is 11.7 Å². The summed E-state index contributed by atoms with van der Waals surface area (Å²) >= 11 is 0. The molecule has 19 heavy (non-hydrogen) atoms. The molecule has 1 fully saturated rings. The van der Waals surface area contributed by atoms with Crippen LogP contribution >= 0.6 is 0 Å². The summed E-state index contributed by atoms with van der Waals surface area (Å²) in [4.78, 5) is 13.6. The molecular weight excluding hydrogens is 248 g/mol. The maximum Gasteiger partial charge on any atom is 0.240 e. The number of carbonyl (C=O) groups excluding carboxylic acids is 1. The average molecular weight is 266 g/mol. The van der Waals surface area contributed by atoms with Crippen molar-refractivity contribution in [1.82, 2.24) is 5.32 Å². The highest BCUT2D eigenvalue weighted by Gasteiger charge is 2.22. The Balaban J connectivity index is 2.43. The van der Waals surface area contributed by atoms with Crippen LogP contribution in [0.4, 0.5) is 5.69 Å². The molecule has 2 rings (SSSR count). The van der Waals surface area contributed by atoms with Crippen LogP contribution in [0, 0.1) is 0 Å². The number of anilines is 1. The number of amides is 1. The first-order chi connectivity index (χ1) is 9.21. The van der Waals surface area contributed by atoms with E-state index >= 15 is 0 Å². The Labute approximate surface area is 112 Å². The van der Waals surface area contributed by atoms with E-state index in [2.05, 4.69) is 5.32 Å². The second-order valence-electron chi connectivity index (χ2n) is 4.11. The number of piperazine rings is 1. The first kappa shape index (κ1) is 13.5. The zero-order valence-corrected chi connectivity index (χ0v) is 11.4. The first-order valence-electron chi connectivity index (χ1n) is 6.02. The van der Waals surface area contributed by atoms with Gasteiger partial charge in [-0.2, -0.15) is 0 Å². The molecular formula is C13H18N2O4. The van der Waals surface area contributed by atoms with Gasteiger partial charge in [-0.3, -0.25) is 4.79 Å². The summed E-state index contributed by atoms with van der Waals surface area (Å²) in [5.74, 6) is 1.64. The van der Waals surface area contributed by atoms with Crippen LogP contribution in [0.25, 0.3) is 0 Å². The molecule has 1 aromatic rings. The lowest BCUT2D eigenvalue weighted by Crippen LogP contribution is -2.48. The number of methoxy groups -OCH3 is 3. The number of benzene rings is 1. The molecule has 0 bridgehead atoms. The van der Waals surface area contributed by atoms with Crippen LogP contribution < -0.4 is 24.4 Å². The quantitative estimate of drug-likeness (QED) is 0.867. The molecule has 0 saturated carbocycles. The van der Waals surface area contributed by atoms with Gasteiger partial charge in [0.25, 0.3) is 0 Å². The van der Waals surface area contributed by atoms with Crippen molar-refractivity contribution in [3.8, 4) is 17.2 Å². The molecule has 1 amide bonds. The van der Waals surface area contributed by atoms with Gasteiger partial charge in [0.15, 0.2) is 11.5 Å². The molecule has 6 nitrogen and oxygen atoms in total. The second kappa shape index (κ2) is 5.79. The third kappa shape index (κ3) is 2.58. The molecule has 0 atom stereocenters. The van der Waals surface area contributed by atoms with Crippen LogP contribution in [0.5, 0.6) is 17.2 Å². The Morgan fingerprint density at radius 1 is 1.11 bits per heavy atom. The smallest absolute Gasteiger partial charge is 0.240 e. The van der Waals surface area contributed by atoms with Crippen molar-refractivity contribution >= 4 is 11.6 Å². The molecule has 6 heteroatoms. The van der Waals surface area contributed by atoms with Gasteiger partial charge in [-0.15, -0.1) is 0 Å². The van der Waals surface area contributed by atoms with Gasteiger partial charge >= 0.3 is 0 Å². The maximum absolute atomic E-state index is 11.9. The summed E-state index contributed by atoms with van der Waals surface area (Å²) < 4.78 is 15.8. The molecule has 0 aliphatic carbocycles. The minimum atomic E-state index is 0.0283. The highest BCUT2D eigenvalue weighted by Crippen LogP contribution is 2.41. The highest BCUT2D eigenvalue weighted by atomic mass is 16.5. The first-order valence-corrected chi connectivity index (χ1v) is 6.02. The number of ether oxygens (including phenoxy) is 3. The predicted octanol–water partition coefficient (Wildman–Crippen LogP) is 0.649. The van der Waals surface area contributed by atoms with Gasteiger partial charge in [-0.05, 0) is 0 Å². The van der Waals surface area contributed by atoms with Crippen LogP contribution in [0.1, 0.15) is 0 Å². The van der Waals surface area contributed by atoms with Gasteiger partial charge < -0.3 is 24.4 Å². The van der Waals surface area contributed by atoms with E-state index < -0.39 is 0 Å². The van der Waals surface area contributed by atoms with Crippen molar-refractivity contribution in [2.45, 2.75) is 0 Å². The standard InChI is InChI=1S/C13H18N2O4/c1-17-10-6-9(7-11(18-2)13(10)19-3)15-5-4-14-8-12(15)16/h6-7,14H,4-5,8H2,1-3H3. The summed E-state index contributed by atoms with van der Waals surface area (Å²) in [6, 6.07) is 3.56. The molecule has 0 aromatic heterocycles. The van der Waals surface area contributed by atoms with Crippen LogP contribution in [0.3, 0.4) is 0 Å². The van der Waals surface area contributed by atoms with E-state index in [1.165, 1.54) is 0 Å². The van der Waals surface area contributed by atoms with Crippen molar-refractivity contribution in [3.63, 3.8) is 0 Å². The van der Waals surface area contributed by atoms with Crippen LogP contribution in [-0.2, 0) is 4.79 Å². The number of nitrogens with zero attached hydrogens (tertiary/aromatic N) is 1. The normalized spacial score (nSPS) is 15.3. The maximum atomic E-state index is 11.9. The molecule has 1 saturated heterocycles. The molecule has 0 radical (unpaired) electrons. The van der Waals surface area contributed by atoms with Gasteiger partial charge in [0, 0.05) is 25.2 Å². The van der Waals surface area contributed by atoms with Crippen molar-refractivity contribution < 1.29 is 19.0 Å². The number of hydrogen-bond donors (Lipinski definition) is 1. The van der Waals surface area contributed by atoms with Gasteiger partial charge in [-0.25, -0.2) is 0 Å². The van der Waals surface area contributed by atoms with Crippen LogP contribution in [0.2, 0.25) is 0 Å². The average Bonchev–Trinajstić information content (AvgIpc) is 2.46. The SMILES string of the molecule is COc1cc(N2CCNCC2=O)cc(OC)c1OC. The van der Waals surface area contributed by atoms with E-state index in [4.69, 9.17) is 14.2 Å². The van der Waals surface area contributed by atoms with Crippen molar-refractivity contribution in [1.29, 1.82) is 0 Å². The number of nitrogens with one attached hydrogen (secondary N) is 1. The lowest BCUT2D eigenvalue weighted by Gasteiger charge is -2.28. The molecule has 1 aliphatic rings. The van der Waals surface area contributed by atoms with E-state index in [1.807, 2.05) is 0 Å². The molecule has 1 heterocycles. The van der Waals surface area contributed by atoms with Crippen LogP contribution in [-0.4, -0.2) is 46.9 Å². The summed E-state index contributed by atoms with van der Waals surface area (Å²) in [5, 5.41) is 3.04. The largest absolute Gasteiger partial charge is 0.493 e. The summed E-state index contributed by atoms with van der Waals surface area (Å²) in [5.41, 5.74) is 0.751. The van der Waals surface area contributed by atoms with E-state index in [0.717, 1.165) is 12.2 Å². The van der Waals surface area contributed by atoms with Crippen molar-refractivity contribution in [2.24, 2.45) is 0 Å². The molecule has 1 aliphatic heterocycles. The molecule has 104 valence electrons. The Bertz CT molecular complexity index is 451. The second-order valence-corrected chi connectivity index (χ2v) is 4.11. The van der Waals surface area contributed by atoms with Crippen molar-refractivity contribution in [2.75, 3.05) is 45.9 Å². The van der Waals surface area contributed by atoms with E-state index in [0.29, 0.717) is 30.3 Å². The van der Waals surface area contributed by atoms with Gasteiger partial charge in [0.05, 0.1) is 33.6 Å². The predicted molar refractivity (Wildman–Crippen MR) is 71.3 cm³/mol. The van der Waals surface area contributed by atoms with Gasteiger partial charge in [-0.1, -0.05) is 0 Å². The summed E-state index contributed by atoms with van der Waals surface area (Å²) in [6.45, 7) is 1.73. The summed E-state index contributed by atoms with van der Waals surface area (Å²) in [7, 11) is 4.66. The third-order valence-corrected chi connectivity index (χ3v) is 3.05. The fourth-order valence-corrected chi connectivity index (χ4v) is 2.10. The molecule has 1 aromatic carbocycles. The topological polar surface area (TPSA) is 60.0 Å². The van der Waals surface area contributed by atoms with Crippen LogP contribution in [0.15, 0.2) is 12.1 Å².